The Bertz CT molecular complexity index is 855. The first kappa shape index (κ1) is 16.8. The number of ether oxygens (including phenoxy) is 2. The van der Waals surface area contributed by atoms with E-state index in [0.29, 0.717) is 25.3 Å². The lowest BCUT2D eigenvalue weighted by molar-refractivity contribution is -0.119. The molecule has 6 heteroatoms. The van der Waals surface area contributed by atoms with Gasteiger partial charge in [-0.25, -0.2) is 4.39 Å². The van der Waals surface area contributed by atoms with Crippen molar-refractivity contribution in [2.75, 3.05) is 11.7 Å². The number of carbonyl (C=O) groups excluding carboxylic acids is 1. The fourth-order valence-electron chi connectivity index (χ4n) is 3.94. The fraction of sp³-hybridized carbons (Fsp3) is 0.350. The summed E-state index contributed by atoms with van der Waals surface area (Å²) in [6.07, 6.45) is 0.633. The summed E-state index contributed by atoms with van der Waals surface area (Å²) in [6, 6.07) is 10.8. The van der Waals surface area contributed by atoms with Crippen LogP contribution in [0, 0.1) is 5.82 Å². The minimum atomic E-state index is -0.312. The lowest BCUT2D eigenvalue weighted by atomic mass is 9.85. The molecule has 2 N–H and O–H groups in total. The molecular weight excluding hydrogens is 335 g/mol. The molecule has 0 radical (unpaired) electrons. The first-order chi connectivity index (χ1) is 12.5. The number of amides is 1. The van der Waals surface area contributed by atoms with Crippen LogP contribution in [0.2, 0.25) is 0 Å². The molecule has 4 rings (SSSR count). The Morgan fingerprint density at radius 2 is 2.15 bits per heavy atom. The number of halogens is 1. The van der Waals surface area contributed by atoms with Crippen LogP contribution >= 0.6 is 0 Å². The number of nitrogens with zero attached hydrogens (tertiary/aromatic N) is 1. The number of fused-ring (bicyclic) bond motifs is 2. The molecule has 5 nitrogen and oxygen atoms in total. The number of benzene rings is 2. The molecule has 2 heterocycles. The second-order valence-corrected chi connectivity index (χ2v) is 6.89. The maximum absolute atomic E-state index is 14.1. The Morgan fingerprint density at radius 1 is 1.35 bits per heavy atom. The second kappa shape index (κ2) is 6.61. The van der Waals surface area contributed by atoms with Crippen molar-refractivity contribution in [2.24, 2.45) is 5.73 Å². The Labute approximate surface area is 151 Å². The normalized spacial score (nSPS) is 21.5. The summed E-state index contributed by atoms with van der Waals surface area (Å²) >= 11 is 0. The number of hydrogen-bond donors (Lipinski definition) is 1. The van der Waals surface area contributed by atoms with E-state index in [1.165, 1.54) is 12.1 Å². The van der Waals surface area contributed by atoms with Crippen LogP contribution in [0.25, 0.3) is 0 Å². The fourth-order valence-corrected chi connectivity index (χ4v) is 3.94. The largest absolute Gasteiger partial charge is 0.467 e. The molecule has 0 unspecified atom stereocenters. The molecule has 0 saturated heterocycles. The third-order valence-electron chi connectivity index (χ3n) is 5.17. The van der Waals surface area contributed by atoms with Crippen molar-refractivity contribution in [1.29, 1.82) is 0 Å². The molecule has 0 aromatic heterocycles. The van der Waals surface area contributed by atoms with Crippen LogP contribution in [0.4, 0.5) is 10.1 Å². The number of primary amides is 1. The molecule has 1 amide bonds. The van der Waals surface area contributed by atoms with Gasteiger partial charge in [-0.1, -0.05) is 18.2 Å². The summed E-state index contributed by atoms with van der Waals surface area (Å²) in [5.41, 5.74) is 9.00. The molecule has 0 bridgehead atoms. The van der Waals surface area contributed by atoms with Crippen molar-refractivity contribution in [1.82, 2.24) is 0 Å². The van der Waals surface area contributed by atoms with Gasteiger partial charge in [-0.3, -0.25) is 4.79 Å². The van der Waals surface area contributed by atoms with Gasteiger partial charge in [-0.15, -0.1) is 0 Å². The van der Waals surface area contributed by atoms with Crippen molar-refractivity contribution in [2.45, 2.75) is 38.5 Å². The van der Waals surface area contributed by atoms with Gasteiger partial charge < -0.3 is 20.1 Å². The zero-order chi connectivity index (χ0) is 18.3. The average molecular weight is 356 g/mol. The number of carbonyl (C=O) groups is 1. The predicted octanol–water partition coefficient (Wildman–Crippen LogP) is 3.06. The zero-order valence-corrected chi connectivity index (χ0v) is 14.6. The third-order valence-corrected chi connectivity index (χ3v) is 5.17. The van der Waals surface area contributed by atoms with E-state index in [1.807, 2.05) is 24.3 Å². The molecule has 2 aliphatic rings. The van der Waals surface area contributed by atoms with Crippen molar-refractivity contribution < 1.29 is 18.7 Å². The summed E-state index contributed by atoms with van der Waals surface area (Å²) < 4.78 is 25.0. The lowest BCUT2D eigenvalue weighted by Gasteiger charge is -2.40. The molecule has 2 aromatic rings. The van der Waals surface area contributed by atoms with Gasteiger partial charge in [-0.05, 0) is 37.1 Å². The molecule has 2 aromatic carbocycles. The molecule has 0 spiro atoms. The second-order valence-electron chi connectivity index (χ2n) is 6.89. The van der Waals surface area contributed by atoms with Crippen molar-refractivity contribution in [3.63, 3.8) is 0 Å². The first-order valence-corrected chi connectivity index (χ1v) is 8.71. The van der Waals surface area contributed by atoms with Crippen molar-refractivity contribution in [3.05, 3.63) is 58.9 Å². The highest BCUT2D eigenvalue weighted by atomic mass is 19.1. The Kier molecular flexibility index (Phi) is 4.28. The van der Waals surface area contributed by atoms with Crippen LogP contribution in [0.1, 0.15) is 36.0 Å². The first-order valence-electron chi connectivity index (χ1n) is 8.71. The van der Waals surface area contributed by atoms with E-state index in [0.717, 1.165) is 22.4 Å². The van der Waals surface area contributed by atoms with E-state index in [1.54, 1.807) is 0 Å². The third kappa shape index (κ3) is 2.90. The van der Waals surface area contributed by atoms with Gasteiger partial charge in [0.2, 0.25) is 5.91 Å². The van der Waals surface area contributed by atoms with Gasteiger partial charge in [0.15, 0.2) is 6.79 Å². The summed E-state index contributed by atoms with van der Waals surface area (Å²) in [6.45, 7) is 3.06. The molecule has 26 heavy (non-hydrogen) atoms. The Morgan fingerprint density at radius 3 is 2.96 bits per heavy atom. The van der Waals surface area contributed by atoms with Gasteiger partial charge in [0, 0.05) is 29.4 Å². The highest BCUT2D eigenvalue weighted by molar-refractivity contribution is 5.85. The van der Waals surface area contributed by atoms with Gasteiger partial charge in [-0.2, -0.15) is 0 Å². The van der Waals surface area contributed by atoms with Crippen LogP contribution in [-0.2, 0) is 22.7 Å². The van der Waals surface area contributed by atoms with Crippen LogP contribution in [0.5, 0.6) is 5.75 Å². The predicted molar refractivity (Wildman–Crippen MR) is 95.3 cm³/mol. The Balaban J connectivity index is 1.74. The monoisotopic (exact) mass is 356 g/mol. The molecule has 0 fully saturated rings. The Hall–Kier alpha value is -2.60. The summed E-state index contributed by atoms with van der Waals surface area (Å²) in [5, 5.41) is 0. The highest BCUT2D eigenvalue weighted by Gasteiger charge is 2.33. The van der Waals surface area contributed by atoms with Gasteiger partial charge in [0.1, 0.15) is 11.6 Å². The van der Waals surface area contributed by atoms with Crippen LogP contribution in [0.3, 0.4) is 0 Å². The molecule has 2 atom stereocenters. The summed E-state index contributed by atoms with van der Waals surface area (Å²) in [4.78, 5) is 14.1. The SMILES string of the molecule is C[C@@H]1C[C@@H](C(N)=O)c2ccccc2N1Cc1cc(F)cc2c1OCOC2. The smallest absolute Gasteiger partial charge is 0.225 e. The summed E-state index contributed by atoms with van der Waals surface area (Å²) in [7, 11) is 0. The van der Waals surface area contributed by atoms with Crippen LogP contribution < -0.4 is 15.4 Å². The lowest BCUT2D eigenvalue weighted by Crippen LogP contribution is -2.41. The van der Waals surface area contributed by atoms with Crippen molar-refractivity contribution in [3.8, 4) is 5.75 Å². The maximum Gasteiger partial charge on any atom is 0.225 e. The van der Waals surface area contributed by atoms with E-state index < -0.39 is 0 Å². The zero-order valence-electron chi connectivity index (χ0n) is 14.6. The van der Waals surface area contributed by atoms with Gasteiger partial charge in [0.25, 0.3) is 0 Å². The summed E-state index contributed by atoms with van der Waals surface area (Å²) in [5.74, 6) is -0.226. The van der Waals surface area contributed by atoms with E-state index in [9.17, 15) is 9.18 Å². The molecule has 0 aliphatic carbocycles. The van der Waals surface area contributed by atoms with E-state index in [-0.39, 0.29) is 30.5 Å². The number of para-hydroxylation sites is 1. The topological polar surface area (TPSA) is 64.8 Å². The van der Waals surface area contributed by atoms with E-state index in [2.05, 4.69) is 11.8 Å². The number of rotatable bonds is 3. The average Bonchev–Trinajstić information content (AvgIpc) is 2.63. The molecule has 2 aliphatic heterocycles. The number of anilines is 1. The number of hydrogen-bond acceptors (Lipinski definition) is 4. The number of nitrogens with two attached hydrogens (primary N) is 1. The molecular formula is C20H21FN2O3. The minimum Gasteiger partial charge on any atom is -0.467 e. The van der Waals surface area contributed by atoms with Gasteiger partial charge >= 0.3 is 0 Å². The van der Waals surface area contributed by atoms with Crippen LogP contribution in [-0.4, -0.2) is 18.7 Å². The molecule has 136 valence electrons. The van der Waals surface area contributed by atoms with Crippen molar-refractivity contribution >= 4 is 11.6 Å². The molecule has 0 saturated carbocycles. The van der Waals surface area contributed by atoms with Gasteiger partial charge in [0.05, 0.1) is 12.5 Å². The van der Waals surface area contributed by atoms with Crippen LogP contribution in [0.15, 0.2) is 36.4 Å². The quantitative estimate of drug-likeness (QED) is 0.918. The minimum absolute atomic E-state index is 0.0844. The van der Waals surface area contributed by atoms with E-state index in [4.69, 9.17) is 15.2 Å². The maximum atomic E-state index is 14.1. The standard InChI is InChI=1S/C20H21FN2O3/c1-12-6-17(20(22)24)16-4-2-3-5-18(16)23(12)9-13-7-15(21)8-14-10-25-11-26-19(13)14/h2-5,7-8,12,17H,6,9-11H2,1H3,(H2,22,24)/t12-,17-/m1/s1. The highest BCUT2D eigenvalue weighted by Crippen LogP contribution is 2.40. The van der Waals surface area contributed by atoms with E-state index >= 15 is 0 Å².